The highest BCUT2D eigenvalue weighted by atomic mass is 79.9. The molecular weight excluding hydrogens is 360 g/mol. The molecule has 1 aliphatic carbocycles. The summed E-state index contributed by atoms with van der Waals surface area (Å²) in [6.45, 7) is -0.478. The first-order valence-corrected chi connectivity index (χ1v) is 6.22. The van der Waals surface area contributed by atoms with Crippen molar-refractivity contribution in [1.29, 1.82) is 0 Å². The van der Waals surface area contributed by atoms with Gasteiger partial charge in [0, 0.05) is 12.0 Å². The van der Waals surface area contributed by atoms with Gasteiger partial charge in [-0.3, -0.25) is 14.9 Å². The minimum absolute atomic E-state index is 0.148. The van der Waals surface area contributed by atoms with E-state index in [1.807, 2.05) is 0 Å². The number of aliphatic hydroxyl groups excluding tert-OH is 1. The lowest BCUT2D eigenvalue weighted by atomic mass is 9.85. The highest BCUT2D eigenvalue weighted by Crippen LogP contribution is 2.47. The van der Waals surface area contributed by atoms with Crippen LogP contribution in [0.15, 0.2) is 23.9 Å². The lowest BCUT2D eigenvalue weighted by Crippen LogP contribution is -2.42. The number of nitro groups is 1. The Morgan fingerprint density at radius 3 is 2.71 bits per heavy atom. The van der Waals surface area contributed by atoms with E-state index >= 15 is 0 Å². The van der Waals surface area contributed by atoms with Crippen LogP contribution in [0.25, 0.3) is 0 Å². The molecule has 0 aromatic rings. The molecule has 2 atom stereocenters. The van der Waals surface area contributed by atoms with E-state index < -0.39 is 32.5 Å². The molecule has 0 radical (unpaired) electrons. The van der Waals surface area contributed by atoms with Crippen LogP contribution >= 0.6 is 31.9 Å². The first-order chi connectivity index (χ1) is 7.82. The Labute approximate surface area is 114 Å². The van der Waals surface area contributed by atoms with Crippen molar-refractivity contribution in [2.45, 2.75) is 3.23 Å². The molecule has 0 heterocycles. The minimum Gasteiger partial charge on any atom is -0.396 e. The van der Waals surface area contributed by atoms with Gasteiger partial charge in [0.2, 0.25) is 5.91 Å². The maximum atomic E-state index is 11.2. The van der Waals surface area contributed by atoms with E-state index in [2.05, 4.69) is 31.9 Å². The Hall–Kier alpha value is -0.730. The van der Waals surface area contributed by atoms with E-state index in [9.17, 15) is 14.9 Å². The number of nitrogens with two attached hydrogens (primary N) is 1. The molecule has 2 unspecified atom stereocenters. The molecule has 0 fully saturated rings. The summed E-state index contributed by atoms with van der Waals surface area (Å²) in [6.07, 6.45) is 4.37. The number of nitrogens with zero attached hydrogens (tertiary/aromatic N) is 1. The molecule has 8 heteroatoms. The number of halogens is 2. The molecule has 0 aromatic heterocycles. The van der Waals surface area contributed by atoms with E-state index in [4.69, 9.17) is 10.8 Å². The van der Waals surface area contributed by atoms with Crippen molar-refractivity contribution in [3.8, 4) is 0 Å². The van der Waals surface area contributed by atoms with Gasteiger partial charge in [-0.1, -0.05) is 44.0 Å². The van der Waals surface area contributed by atoms with Gasteiger partial charge in [0.1, 0.15) is 0 Å². The van der Waals surface area contributed by atoms with Crippen LogP contribution in [0, 0.1) is 22.0 Å². The number of hydrogen-bond acceptors (Lipinski definition) is 4. The Bertz CT molecular complexity index is 406. The first kappa shape index (κ1) is 14.3. The highest BCUT2D eigenvalue weighted by molar-refractivity contribution is 9.25. The van der Waals surface area contributed by atoms with Gasteiger partial charge >= 0.3 is 0 Å². The Morgan fingerprint density at radius 2 is 2.29 bits per heavy atom. The third-order valence-corrected chi connectivity index (χ3v) is 4.39. The Balaban J connectivity index is 3.13. The van der Waals surface area contributed by atoms with E-state index in [0.717, 1.165) is 0 Å². The molecule has 0 aliphatic heterocycles. The monoisotopic (exact) mass is 368 g/mol. The second-order valence-electron chi connectivity index (χ2n) is 3.53. The van der Waals surface area contributed by atoms with Gasteiger partial charge in [-0.15, -0.1) is 0 Å². The molecular formula is C9H10Br2N2O4. The van der Waals surface area contributed by atoms with Crippen LogP contribution < -0.4 is 5.73 Å². The molecule has 0 saturated carbocycles. The predicted molar refractivity (Wildman–Crippen MR) is 68.1 cm³/mol. The number of carbonyl (C=O) groups excluding carboxylic acids is 1. The summed E-state index contributed by atoms with van der Waals surface area (Å²) in [4.78, 5) is 21.5. The molecule has 1 aliphatic rings. The summed E-state index contributed by atoms with van der Waals surface area (Å²) in [5.74, 6) is -2.26. The first-order valence-electron chi connectivity index (χ1n) is 4.63. The predicted octanol–water partition coefficient (Wildman–Crippen LogP) is 0.913. The van der Waals surface area contributed by atoms with Crippen LogP contribution in [0.4, 0.5) is 0 Å². The average molecular weight is 370 g/mol. The molecule has 94 valence electrons. The number of rotatable bonds is 4. The summed E-state index contributed by atoms with van der Waals surface area (Å²) >= 11 is 6.34. The normalized spacial score (nSPS) is 23.9. The van der Waals surface area contributed by atoms with Gasteiger partial charge in [0.25, 0.3) is 5.70 Å². The third kappa shape index (κ3) is 2.75. The molecule has 0 spiro atoms. The quantitative estimate of drug-likeness (QED) is 0.436. The Kier molecular flexibility index (Phi) is 4.45. The van der Waals surface area contributed by atoms with Crippen LogP contribution in [0.1, 0.15) is 0 Å². The van der Waals surface area contributed by atoms with Crippen LogP contribution in [0.2, 0.25) is 0 Å². The van der Waals surface area contributed by atoms with E-state index in [1.165, 1.54) is 12.2 Å². The van der Waals surface area contributed by atoms with Crippen molar-refractivity contribution in [3.63, 3.8) is 0 Å². The number of hydrogen-bond donors (Lipinski definition) is 2. The number of primary amides is 1. The summed E-state index contributed by atoms with van der Waals surface area (Å²) in [5.41, 5.74) is 5.01. The van der Waals surface area contributed by atoms with Gasteiger partial charge < -0.3 is 10.8 Å². The molecule has 6 nitrogen and oxygen atoms in total. The number of carbonyl (C=O) groups is 1. The summed E-state index contributed by atoms with van der Waals surface area (Å²) < 4.78 is -1.22. The molecule has 17 heavy (non-hydrogen) atoms. The van der Waals surface area contributed by atoms with Crippen LogP contribution in [-0.4, -0.2) is 25.8 Å². The van der Waals surface area contributed by atoms with Crippen molar-refractivity contribution < 1.29 is 14.8 Å². The minimum atomic E-state index is -1.22. The molecule has 3 N–H and O–H groups in total. The SMILES string of the molecule is NC(=O)C(CO)C1C=CC=C([N+](=O)[O-])C1(Br)Br. The van der Waals surface area contributed by atoms with E-state index in [0.29, 0.717) is 0 Å². The fourth-order valence-electron chi connectivity index (χ4n) is 1.62. The fourth-order valence-corrected chi connectivity index (χ4v) is 3.12. The van der Waals surface area contributed by atoms with Crippen LogP contribution in [0.3, 0.4) is 0 Å². The van der Waals surface area contributed by atoms with Gasteiger partial charge in [-0.05, 0) is 0 Å². The van der Waals surface area contributed by atoms with E-state index in [-0.39, 0.29) is 5.70 Å². The van der Waals surface area contributed by atoms with Crippen molar-refractivity contribution in [2.24, 2.45) is 17.6 Å². The second kappa shape index (κ2) is 5.28. The summed E-state index contributed by atoms with van der Waals surface area (Å²) in [6, 6.07) is 0. The fraction of sp³-hybridized carbons (Fsp3) is 0.444. The van der Waals surface area contributed by atoms with Gasteiger partial charge in [-0.2, -0.15) is 0 Å². The second-order valence-corrected chi connectivity index (χ2v) is 7.10. The van der Waals surface area contributed by atoms with Crippen molar-refractivity contribution in [3.05, 3.63) is 34.0 Å². The molecule has 0 saturated heterocycles. The maximum absolute atomic E-state index is 11.2. The van der Waals surface area contributed by atoms with Crippen molar-refractivity contribution in [2.75, 3.05) is 6.61 Å². The number of aliphatic hydroxyl groups is 1. The maximum Gasteiger partial charge on any atom is 0.274 e. The van der Waals surface area contributed by atoms with E-state index in [1.54, 1.807) is 6.08 Å². The van der Waals surface area contributed by atoms with Crippen LogP contribution in [-0.2, 0) is 4.79 Å². The lowest BCUT2D eigenvalue weighted by Gasteiger charge is -2.31. The topological polar surface area (TPSA) is 106 Å². The zero-order chi connectivity index (χ0) is 13.2. The number of amides is 1. The molecule has 0 bridgehead atoms. The third-order valence-electron chi connectivity index (χ3n) is 2.53. The van der Waals surface area contributed by atoms with Gasteiger partial charge in [-0.25, -0.2) is 0 Å². The van der Waals surface area contributed by atoms with Crippen molar-refractivity contribution >= 4 is 37.8 Å². The summed E-state index contributed by atoms with van der Waals surface area (Å²) in [7, 11) is 0. The zero-order valence-corrected chi connectivity index (χ0v) is 11.7. The Morgan fingerprint density at radius 1 is 1.71 bits per heavy atom. The largest absolute Gasteiger partial charge is 0.396 e. The standard InChI is InChI=1S/C9H10Br2N2O4/c10-9(11)6(5(4-14)8(12)15)2-1-3-7(9)13(16)17/h1-3,5-6,14H,4H2,(H2,12,15). The number of alkyl halides is 2. The lowest BCUT2D eigenvalue weighted by molar-refractivity contribution is -0.428. The van der Waals surface area contributed by atoms with Gasteiger partial charge in [0.15, 0.2) is 3.23 Å². The molecule has 0 aromatic carbocycles. The molecule has 1 amide bonds. The molecule has 1 rings (SSSR count). The summed E-state index contributed by atoms with van der Waals surface area (Å²) in [5, 5.41) is 20.0. The zero-order valence-electron chi connectivity index (χ0n) is 8.55. The van der Waals surface area contributed by atoms with Crippen LogP contribution in [0.5, 0.6) is 0 Å². The van der Waals surface area contributed by atoms with Gasteiger partial charge in [0.05, 0.1) is 17.4 Å². The van der Waals surface area contributed by atoms with Crippen molar-refractivity contribution in [1.82, 2.24) is 0 Å². The smallest absolute Gasteiger partial charge is 0.274 e. The average Bonchev–Trinajstić information content (AvgIpc) is 2.19. The highest BCUT2D eigenvalue weighted by Gasteiger charge is 2.49. The number of allylic oxidation sites excluding steroid dienone is 4.